The lowest BCUT2D eigenvalue weighted by atomic mass is 10.1. The molecule has 0 heterocycles. The van der Waals surface area contributed by atoms with Crippen molar-refractivity contribution in [3.05, 3.63) is 65.7 Å². The lowest BCUT2D eigenvalue weighted by Crippen LogP contribution is -2.26. The van der Waals surface area contributed by atoms with Crippen LogP contribution in [0.15, 0.2) is 54.6 Å². The summed E-state index contributed by atoms with van der Waals surface area (Å²) in [6.45, 7) is 0.585. The number of carbonyl (C=O) groups is 2. The Morgan fingerprint density at radius 1 is 0.960 bits per heavy atom. The number of hydrogen-bond acceptors (Lipinski definition) is 2. The molecule has 1 aliphatic carbocycles. The van der Waals surface area contributed by atoms with Crippen molar-refractivity contribution in [3.63, 3.8) is 0 Å². The zero-order chi connectivity index (χ0) is 17.5. The topological polar surface area (TPSA) is 58.2 Å². The molecule has 1 saturated carbocycles. The van der Waals surface area contributed by atoms with E-state index >= 15 is 0 Å². The highest BCUT2D eigenvalue weighted by Gasteiger charge is 2.22. The molecule has 0 aliphatic heterocycles. The predicted molar refractivity (Wildman–Crippen MR) is 99.5 cm³/mol. The van der Waals surface area contributed by atoms with Crippen molar-refractivity contribution in [2.45, 2.75) is 32.1 Å². The van der Waals surface area contributed by atoms with Crippen LogP contribution in [-0.4, -0.2) is 18.4 Å². The third kappa shape index (κ3) is 4.92. The first-order valence-electron chi connectivity index (χ1n) is 8.95. The van der Waals surface area contributed by atoms with Crippen LogP contribution in [-0.2, 0) is 11.2 Å². The van der Waals surface area contributed by atoms with E-state index in [1.165, 1.54) is 5.56 Å². The standard InChI is InChI=1S/C21H24N2O2/c24-20(22-14-13-16-7-2-1-3-8-16)18-11-6-12-19(15-18)23-21(25)17-9-4-5-10-17/h1-3,6-8,11-12,15,17H,4-5,9-10,13-14H2,(H,22,24)(H,23,25). The summed E-state index contributed by atoms with van der Waals surface area (Å²) in [7, 11) is 0. The highest BCUT2D eigenvalue weighted by Crippen LogP contribution is 2.26. The fourth-order valence-corrected chi connectivity index (χ4v) is 3.24. The molecule has 0 spiro atoms. The summed E-state index contributed by atoms with van der Waals surface area (Å²) in [6.07, 6.45) is 4.98. The number of benzene rings is 2. The SMILES string of the molecule is O=C(NCCc1ccccc1)c1cccc(NC(=O)C2CCCC2)c1. The molecule has 2 N–H and O–H groups in total. The second kappa shape index (κ2) is 8.47. The summed E-state index contributed by atoms with van der Waals surface area (Å²) in [5.74, 6) is 0.0652. The molecule has 0 unspecified atom stereocenters. The fourth-order valence-electron chi connectivity index (χ4n) is 3.24. The highest BCUT2D eigenvalue weighted by molar-refractivity contribution is 5.97. The van der Waals surface area contributed by atoms with Crippen molar-refractivity contribution in [3.8, 4) is 0 Å². The number of nitrogens with one attached hydrogen (secondary N) is 2. The Balaban J connectivity index is 1.53. The van der Waals surface area contributed by atoms with Gasteiger partial charge in [0.25, 0.3) is 5.91 Å². The van der Waals surface area contributed by atoms with Crippen molar-refractivity contribution in [2.75, 3.05) is 11.9 Å². The molecule has 0 saturated heterocycles. The van der Waals surface area contributed by atoms with Crippen molar-refractivity contribution < 1.29 is 9.59 Å². The molecule has 1 fully saturated rings. The molecule has 0 bridgehead atoms. The first-order chi connectivity index (χ1) is 12.2. The zero-order valence-corrected chi connectivity index (χ0v) is 14.3. The second-order valence-electron chi connectivity index (χ2n) is 6.54. The van der Waals surface area contributed by atoms with E-state index in [0.717, 1.165) is 32.1 Å². The van der Waals surface area contributed by atoms with E-state index in [9.17, 15) is 9.59 Å². The molecular weight excluding hydrogens is 312 g/mol. The minimum atomic E-state index is -0.118. The predicted octanol–water partition coefficient (Wildman–Crippen LogP) is 3.79. The molecule has 25 heavy (non-hydrogen) atoms. The number of rotatable bonds is 6. The molecule has 130 valence electrons. The largest absolute Gasteiger partial charge is 0.352 e. The van der Waals surface area contributed by atoms with Crippen LogP contribution in [0.1, 0.15) is 41.6 Å². The molecule has 3 rings (SSSR count). The fraction of sp³-hybridized carbons (Fsp3) is 0.333. The van der Waals surface area contributed by atoms with Gasteiger partial charge in [0.1, 0.15) is 0 Å². The van der Waals surface area contributed by atoms with Gasteiger partial charge in [-0.15, -0.1) is 0 Å². The van der Waals surface area contributed by atoms with Gasteiger partial charge < -0.3 is 10.6 Å². The molecule has 2 aromatic carbocycles. The maximum atomic E-state index is 12.3. The van der Waals surface area contributed by atoms with Gasteiger partial charge in [0.05, 0.1) is 0 Å². The number of amides is 2. The van der Waals surface area contributed by atoms with E-state index in [4.69, 9.17) is 0 Å². The lowest BCUT2D eigenvalue weighted by molar-refractivity contribution is -0.119. The van der Waals surface area contributed by atoms with E-state index in [1.807, 2.05) is 36.4 Å². The van der Waals surface area contributed by atoms with Crippen molar-refractivity contribution in [1.82, 2.24) is 5.32 Å². The summed E-state index contributed by atoms with van der Waals surface area (Å²) in [6, 6.07) is 17.2. The van der Waals surface area contributed by atoms with Crippen LogP contribution in [0.4, 0.5) is 5.69 Å². The van der Waals surface area contributed by atoms with Crippen LogP contribution in [0.5, 0.6) is 0 Å². The number of hydrogen-bond donors (Lipinski definition) is 2. The Hall–Kier alpha value is -2.62. The Labute approximate surface area is 148 Å². The third-order valence-corrected chi connectivity index (χ3v) is 4.66. The molecule has 0 aromatic heterocycles. The molecule has 0 atom stereocenters. The van der Waals surface area contributed by atoms with Crippen molar-refractivity contribution in [1.29, 1.82) is 0 Å². The van der Waals surface area contributed by atoms with Crippen molar-refractivity contribution in [2.24, 2.45) is 5.92 Å². The molecule has 2 aromatic rings. The first-order valence-corrected chi connectivity index (χ1v) is 8.95. The van der Waals surface area contributed by atoms with Gasteiger partial charge in [-0.25, -0.2) is 0 Å². The Kier molecular flexibility index (Phi) is 5.83. The van der Waals surface area contributed by atoms with Gasteiger partial charge in [0.2, 0.25) is 5.91 Å². The van der Waals surface area contributed by atoms with Gasteiger partial charge in [-0.3, -0.25) is 9.59 Å². The van der Waals surface area contributed by atoms with Crippen LogP contribution in [0.25, 0.3) is 0 Å². The molecule has 0 radical (unpaired) electrons. The van der Waals surface area contributed by atoms with E-state index in [1.54, 1.807) is 18.2 Å². The van der Waals surface area contributed by atoms with Gasteiger partial charge >= 0.3 is 0 Å². The highest BCUT2D eigenvalue weighted by atomic mass is 16.2. The Morgan fingerprint density at radius 3 is 2.48 bits per heavy atom. The lowest BCUT2D eigenvalue weighted by Gasteiger charge is -2.11. The minimum Gasteiger partial charge on any atom is -0.352 e. The average Bonchev–Trinajstić information content (AvgIpc) is 3.18. The molecule has 4 heteroatoms. The smallest absolute Gasteiger partial charge is 0.251 e. The van der Waals surface area contributed by atoms with Crippen LogP contribution < -0.4 is 10.6 Å². The molecule has 2 amide bonds. The average molecular weight is 336 g/mol. The Morgan fingerprint density at radius 2 is 1.72 bits per heavy atom. The minimum absolute atomic E-state index is 0.0686. The quantitative estimate of drug-likeness (QED) is 0.843. The Bertz CT molecular complexity index is 722. The van der Waals surface area contributed by atoms with Gasteiger partial charge in [0.15, 0.2) is 0 Å². The molecular formula is C21H24N2O2. The maximum absolute atomic E-state index is 12.3. The first kappa shape index (κ1) is 17.2. The summed E-state index contributed by atoms with van der Waals surface area (Å²) in [5.41, 5.74) is 2.45. The van der Waals surface area contributed by atoms with Crippen LogP contribution in [0.3, 0.4) is 0 Å². The van der Waals surface area contributed by atoms with Crippen LogP contribution in [0.2, 0.25) is 0 Å². The van der Waals surface area contributed by atoms with Gasteiger partial charge in [-0.1, -0.05) is 49.2 Å². The van der Waals surface area contributed by atoms with Crippen LogP contribution in [0, 0.1) is 5.92 Å². The van der Waals surface area contributed by atoms with Crippen molar-refractivity contribution >= 4 is 17.5 Å². The molecule has 1 aliphatic rings. The van der Waals surface area contributed by atoms with Gasteiger partial charge in [0, 0.05) is 23.7 Å². The monoisotopic (exact) mass is 336 g/mol. The van der Waals surface area contributed by atoms with E-state index in [-0.39, 0.29) is 17.7 Å². The second-order valence-corrected chi connectivity index (χ2v) is 6.54. The van der Waals surface area contributed by atoms with E-state index in [0.29, 0.717) is 17.8 Å². The van der Waals surface area contributed by atoms with E-state index < -0.39 is 0 Å². The summed E-state index contributed by atoms with van der Waals surface area (Å²) < 4.78 is 0. The normalized spacial score (nSPS) is 14.2. The number of anilines is 1. The van der Waals surface area contributed by atoms with E-state index in [2.05, 4.69) is 10.6 Å². The summed E-state index contributed by atoms with van der Waals surface area (Å²) in [4.78, 5) is 24.5. The molecule has 4 nitrogen and oxygen atoms in total. The zero-order valence-electron chi connectivity index (χ0n) is 14.3. The van der Waals surface area contributed by atoms with Crippen LogP contribution >= 0.6 is 0 Å². The number of carbonyl (C=O) groups excluding carboxylic acids is 2. The van der Waals surface area contributed by atoms with Gasteiger partial charge in [-0.05, 0) is 43.0 Å². The van der Waals surface area contributed by atoms with Gasteiger partial charge in [-0.2, -0.15) is 0 Å². The summed E-state index contributed by atoms with van der Waals surface area (Å²) >= 11 is 0. The summed E-state index contributed by atoms with van der Waals surface area (Å²) in [5, 5.41) is 5.87. The maximum Gasteiger partial charge on any atom is 0.251 e. The third-order valence-electron chi connectivity index (χ3n) is 4.66.